The predicted octanol–water partition coefficient (Wildman–Crippen LogP) is 3.72. The van der Waals surface area contributed by atoms with Crippen molar-refractivity contribution in [3.63, 3.8) is 0 Å². The second-order valence-corrected chi connectivity index (χ2v) is 12.7. The van der Waals surface area contributed by atoms with Crippen LogP contribution in [-0.2, 0) is 16.0 Å². The number of hydrogen-bond acceptors (Lipinski definition) is 5. The van der Waals surface area contributed by atoms with Crippen molar-refractivity contribution in [2.45, 2.75) is 76.9 Å². The summed E-state index contributed by atoms with van der Waals surface area (Å²) in [6.45, 7) is 13.0. The lowest BCUT2D eigenvalue weighted by Crippen LogP contribution is -2.64. The van der Waals surface area contributed by atoms with E-state index in [1.165, 1.54) is 24.8 Å². The monoisotopic (exact) mass is 557 g/mol. The van der Waals surface area contributed by atoms with E-state index in [1.807, 2.05) is 29.2 Å². The fraction of sp³-hybridized carbons (Fsp3) is 0.677. The number of amides is 2. The van der Waals surface area contributed by atoms with Gasteiger partial charge < -0.3 is 20.4 Å². The van der Waals surface area contributed by atoms with Gasteiger partial charge in [-0.05, 0) is 62.9 Å². The minimum Gasteiger partial charge on any atom is -0.344 e. The maximum absolute atomic E-state index is 13.9. The molecule has 0 saturated carbocycles. The van der Waals surface area contributed by atoms with Crippen molar-refractivity contribution >= 4 is 23.4 Å². The van der Waals surface area contributed by atoms with Crippen LogP contribution in [0.5, 0.6) is 0 Å². The molecule has 4 rings (SSSR count). The Bertz CT molecular complexity index is 1000. The van der Waals surface area contributed by atoms with E-state index < -0.39 is 6.04 Å². The summed E-state index contributed by atoms with van der Waals surface area (Å²) >= 11 is 6.10. The maximum atomic E-state index is 13.9. The molecule has 2 N–H and O–H groups in total. The Labute approximate surface area is 240 Å². The first-order chi connectivity index (χ1) is 18.7. The number of carbonyl (C=O) groups is 2. The molecule has 0 bridgehead atoms. The molecule has 3 aliphatic heterocycles. The molecular formula is C31H48ClN5O2. The van der Waals surface area contributed by atoms with Crippen molar-refractivity contribution < 1.29 is 9.59 Å². The molecule has 2 fully saturated rings. The van der Waals surface area contributed by atoms with E-state index in [0.717, 1.165) is 44.7 Å². The van der Waals surface area contributed by atoms with E-state index in [-0.39, 0.29) is 23.4 Å². The third-order valence-corrected chi connectivity index (χ3v) is 9.01. The smallest absolute Gasteiger partial charge is 0.245 e. The summed E-state index contributed by atoms with van der Waals surface area (Å²) in [4.78, 5) is 34.1. The first kappa shape index (κ1) is 30.0. The summed E-state index contributed by atoms with van der Waals surface area (Å²) in [6.07, 6.45) is 7.54. The zero-order valence-electron chi connectivity index (χ0n) is 24.3. The van der Waals surface area contributed by atoms with Gasteiger partial charge in [0.15, 0.2) is 0 Å². The summed E-state index contributed by atoms with van der Waals surface area (Å²) in [5, 5.41) is 7.17. The van der Waals surface area contributed by atoms with Crippen LogP contribution in [0.4, 0.5) is 0 Å². The summed E-state index contributed by atoms with van der Waals surface area (Å²) in [5.41, 5.74) is 2.45. The molecule has 2 amide bonds. The number of likely N-dealkylation sites (N-methyl/N-ethyl adjacent to an activating group) is 1. The quantitative estimate of drug-likeness (QED) is 0.429. The van der Waals surface area contributed by atoms with Gasteiger partial charge in [-0.3, -0.25) is 14.5 Å². The third-order valence-electron chi connectivity index (χ3n) is 8.76. The Hall–Kier alpha value is -1.93. The molecule has 8 heteroatoms. The van der Waals surface area contributed by atoms with Crippen LogP contribution < -0.4 is 10.6 Å². The van der Waals surface area contributed by atoms with Gasteiger partial charge in [-0.15, -0.1) is 0 Å². The molecular weight excluding hydrogens is 510 g/mol. The molecule has 1 aromatic rings. The van der Waals surface area contributed by atoms with Crippen molar-refractivity contribution in [1.82, 2.24) is 25.3 Å². The van der Waals surface area contributed by atoms with Crippen LogP contribution in [0.25, 0.3) is 0 Å². The summed E-state index contributed by atoms with van der Waals surface area (Å²) in [7, 11) is 2.23. The number of piperidine rings is 1. The van der Waals surface area contributed by atoms with Gasteiger partial charge in [0.1, 0.15) is 6.04 Å². The van der Waals surface area contributed by atoms with Crippen LogP contribution in [0.2, 0.25) is 5.02 Å². The second kappa shape index (κ2) is 13.6. The number of nitrogens with zero attached hydrogens (tertiary/aromatic N) is 3. The molecule has 3 atom stereocenters. The summed E-state index contributed by atoms with van der Waals surface area (Å²) < 4.78 is 0. The number of halogens is 1. The molecule has 3 heterocycles. The summed E-state index contributed by atoms with van der Waals surface area (Å²) in [5.74, 6) is 0.565. The highest BCUT2D eigenvalue weighted by molar-refractivity contribution is 6.30. The molecule has 7 nitrogen and oxygen atoms in total. The molecule has 0 aliphatic carbocycles. The number of nitrogens with one attached hydrogen (secondary N) is 2. The third kappa shape index (κ3) is 7.84. The number of benzene rings is 1. The van der Waals surface area contributed by atoms with E-state index in [2.05, 4.69) is 54.3 Å². The largest absolute Gasteiger partial charge is 0.344 e. The lowest BCUT2D eigenvalue weighted by molar-refractivity contribution is -0.139. The van der Waals surface area contributed by atoms with Gasteiger partial charge in [-0.1, -0.05) is 56.2 Å². The molecule has 39 heavy (non-hydrogen) atoms. The van der Waals surface area contributed by atoms with Crippen molar-refractivity contribution in [1.29, 1.82) is 0 Å². The van der Waals surface area contributed by atoms with Crippen LogP contribution in [0.1, 0.15) is 58.4 Å². The van der Waals surface area contributed by atoms with Crippen LogP contribution >= 0.6 is 11.6 Å². The van der Waals surface area contributed by atoms with Gasteiger partial charge in [-0.2, -0.15) is 0 Å². The molecule has 1 aromatic carbocycles. The molecule has 0 spiro atoms. The Morgan fingerprint density at radius 2 is 1.85 bits per heavy atom. The summed E-state index contributed by atoms with van der Waals surface area (Å²) in [6, 6.07) is 7.03. The molecule has 3 unspecified atom stereocenters. The first-order valence-electron chi connectivity index (χ1n) is 14.9. The molecule has 2 saturated heterocycles. The van der Waals surface area contributed by atoms with Crippen molar-refractivity contribution in [2.75, 3.05) is 52.9 Å². The van der Waals surface area contributed by atoms with Crippen LogP contribution in [0, 0.1) is 5.92 Å². The standard InChI is InChI=1S/C31H48ClN5O2/c1-5-25-11-13-33-27(25)20-29(38)34-28(19-24-7-9-26(32)10-8-24)30(39)36-15-17-37(18-16-36)31(21-23(2)3)12-6-14-35(4)22-31/h7-11,23,27-28,33H,5-6,12-22H2,1-4H3,(H,34,38). The van der Waals surface area contributed by atoms with Gasteiger partial charge in [0.2, 0.25) is 11.8 Å². The van der Waals surface area contributed by atoms with E-state index >= 15 is 0 Å². The number of carbonyl (C=O) groups excluding carboxylic acids is 2. The zero-order chi connectivity index (χ0) is 28.0. The van der Waals surface area contributed by atoms with Crippen LogP contribution in [0.3, 0.4) is 0 Å². The Morgan fingerprint density at radius 1 is 1.13 bits per heavy atom. The topological polar surface area (TPSA) is 67.9 Å². The van der Waals surface area contributed by atoms with Crippen LogP contribution in [0.15, 0.2) is 35.9 Å². The van der Waals surface area contributed by atoms with Gasteiger partial charge in [0.05, 0.1) is 0 Å². The average molecular weight is 558 g/mol. The number of piperazine rings is 1. The highest BCUT2D eigenvalue weighted by atomic mass is 35.5. The molecule has 0 radical (unpaired) electrons. The minimum absolute atomic E-state index is 0.0160. The number of likely N-dealkylation sites (tertiary alicyclic amines) is 1. The van der Waals surface area contributed by atoms with Gasteiger partial charge in [0.25, 0.3) is 0 Å². The van der Waals surface area contributed by atoms with Crippen molar-refractivity contribution in [3.8, 4) is 0 Å². The lowest BCUT2D eigenvalue weighted by atomic mass is 9.80. The lowest BCUT2D eigenvalue weighted by Gasteiger charge is -2.52. The number of hydrogen-bond donors (Lipinski definition) is 2. The van der Waals surface area contributed by atoms with Gasteiger partial charge in [-0.25, -0.2) is 0 Å². The average Bonchev–Trinajstić information content (AvgIpc) is 3.35. The predicted molar refractivity (Wildman–Crippen MR) is 159 cm³/mol. The highest BCUT2D eigenvalue weighted by Crippen LogP contribution is 2.34. The first-order valence-corrected chi connectivity index (χ1v) is 15.3. The molecule has 3 aliphatic rings. The maximum Gasteiger partial charge on any atom is 0.245 e. The van der Waals surface area contributed by atoms with E-state index in [1.54, 1.807) is 0 Å². The van der Waals surface area contributed by atoms with E-state index in [4.69, 9.17) is 11.6 Å². The van der Waals surface area contributed by atoms with E-state index in [9.17, 15) is 9.59 Å². The Morgan fingerprint density at radius 3 is 2.49 bits per heavy atom. The van der Waals surface area contributed by atoms with E-state index in [0.29, 0.717) is 36.9 Å². The van der Waals surface area contributed by atoms with Crippen LogP contribution in [-0.4, -0.2) is 97.0 Å². The molecule has 216 valence electrons. The van der Waals surface area contributed by atoms with Crippen molar-refractivity contribution in [3.05, 3.63) is 46.5 Å². The van der Waals surface area contributed by atoms with Gasteiger partial charge >= 0.3 is 0 Å². The van der Waals surface area contributed by atoms with Crippen molar-refractivity contribution in [2.24, 2.45) is 5.92 Å². The molecule has 0 aromatic heterocycles. The van der Waals surface area contributed by atoms with Gasteiger partial charge in [0, 0.05) is 68.7 Å². The number of rotatable bonds is 10. The minimum atomic E-state index is -0.592. The Balaban J connectivity index is 1.43. The normalized spacial score (nSPS) is 25.5. The SMILES string of the molecule is CCC1=CCNC1CC(=O)NC(Cc1ccc(Cl)cc1)C(=O)N1CCN(C2(CC(C)C)CCCN(C)C2)CC1. The fourth-order valence-electron chi connectivity index (χ4n) is 6.97. The Kier molecular flexibility index (Phi) is 10.5. The second-order valence-electron chi connectivity index (χ2n) is 12.2. The highest BCUT2D eigenvalue weighted by Gasteiger charge is 2.42. The fourth-order valence-corrected chi connectivity index (χ4v) is 7.09. The zero-order valence-corrected chi connectivity index (χ0v) is 25.1.